The van der Waals surface area contributed by atoms with Gasteiger partial charge >= 0.3 is 0 Å². The number of aromatic hydroxyl groups is 1. The van der Waals surface area contributed by atoms with Crippen LogP contribution in [0.5, 0.6) is 5.75 Å². The summed E-state index contributed by atoms with van der Waals surface area (Å²) >= 11 is 15.0. The van der Waals surface area contributed by atoms with Gasteiger partial charge in [0, 0.05) is 25.1 Å². The number of allylic oxidation sites excluding steroid dienone is 2. The fraction of sp³-hybridized carbons (Fsp3) is 0.211. The van der Waals surface area contributed by atoms with Gasteiger partial charge < -0.3 is 5.11 Å². The lowest BCUT2D eigenvalue weighted by Crippen LogP contribution is -2.53. The van der Waals surface area contributed by atoms with Crippen LogP contribution in [0.3, 0.4) is 0 Å². The molecule has 3 fully saturated rings. The Morgan fingerprint density at radius 2 is 1.50 bits per heavy atom. The Morgan fingerprint density at radius 3 is 2.20 bits per heavy atom. The van der Waals surface area contributed by atoms with Crippen molar-refractivity contribution in [2.24, 2.45) is 23.7 Å². The Bertz CT molecular complexity index is 2130. The Labute approximate surface area is 310 Å². The molecule has 8 rings (SSSR count). The first-order chi connectivity index (χ1) is 24.0. The second kappa shape index (κ2) is 12.2. The zero-order valence-corrected chi connectivity index (χ0v) is 29.7. The third-order valence-electron chi connectivity index (χ3n) is 10.6. The van der Waals surface area contributed by atoms with Crippen molar-refractivity contribution in [3.63, 3.8) is 0 Å². The molecule has 1 saturated carbocycles. The number of carbonyl (C=O) groups is 4. The number of benzene rings is 4. The number of phenolic OH excluding ortho intramolecular Hbond substituents is 1. The average molecular weight is 822 g/mol. The highest BCUT2D eigenvalue weighted by molar-refractivity contribution is 14.1. The third kappa shape index (κ3) is 4.90. The number of nitrogens with one attached hydrogen (secondary N) is 1. The number of rotatable bonds is 5. The Kier molecular flexibility index (Phi) is 8.04. The number of anilines is 2. The molecule has 2 heterocycles. The van der Waals surface area contributed by atoms with Crippen molar-refractivity contribution >= 4 is 80.8 Å². The monoisotopic (exact) mass is 821 g/mol. The van der Waals surface area contributed by atoms with Crippen LogP contribution in [0.2, 0.25) is 10.0 Å². The maximum absolute atomic E-state index is 15.2. The molecule has 4 amide bonds. The van der Waals surface area contributed by atoms with E-state index in [9.17, 15) is 23.9 Å². The van der Waals surface area contributed by atoms with Gasteiger partial charge in [-0.25, -0.2) is 4.39 Å². The van der Waals surface area contributed by atoms with Crippen LogP contribution in [0.25, 0.3) is 0 Å². The van der Waals surface area contributed by atoms with Gasteiger partial charge in [-0.15, -0.1) is 0 Å². The molecule has 6 atom stereocenters. The Morgan fingerprint density at radius 1 is 0.820 bits per heavy atom. The number of imide groups is 2. The van der Waals surface area contributed by atoms with E-state index in [1.807, 2.05) is 18.2 Å². The van der Waals surface area contributed by atoms with Gasteiger partial charge in [0.25, 0.3) is 11.8 Å². The van der Waals surface area contributed by atoms with E-state index in [4.69, 9.17) is 23.2 Å². The molecule has 2 aliphatic heterocycles. The molecule has 4 aromatic carbocycles. The standard InChI is InChI=1S/C38H27Cl2FIN3O5/c39-20-3-1-19(2-4-20)38-30(35(48)45(37(38)50)43-24-10-6-22(41)7-11-24)18-28-26(33(38)29-17-21(40)5-16-31(29)46)14-15-27-32(28)36(49)44(34(27)47)25-12-8-23(42)9-13-25/h1-14,16-17,27-28,30,32-33,43,46H,15,18H2. The van der Waals surface area contributed by atoms with Crippen molar-refractivity contribution in [2.45, 2.75) is 24.2 Å². The van der Waals surface area contributed by atoms with Crippen molar-refractivity contribution in [1.82, 2.24) is 5.01 Å². The molecule has 0 spiro atoms. The van der Waals surface area contributed by atoms with E-state index in [1.165, 1.54) is 41.3 Å². The minimum absolute atomic E-state index is 0.0686. The highest BCUT2D eigenvalue weighted by Gasteiger charge is 2.70. The second-order valence-electron chi connectivity index (χ2n) is 13.1. The van der Waals surface area contributed by atoms with Crippen molar-refractivity contribution < 1.29 is 28.7 Å². The van der Waals surface area contributed by atoms with Crippen LogP contribution in [0, 0.1) is 33.1 Å². The van der Waals surface area contributed by atoms with Gasteiger partial charge in [0.15, 0.2) is 0 Å². The summed E-state index contributed by atoms with van der Waals surface area (Å²) in [6, 6.07) is 23.6. The molecule has 2 aliphatic carbocycles. The number of halogens is 4. The highest BCUT2D eigenvalue weighted by Crippen LogP contribution is 2.65. The molecule has 2 N–H and O–H groups in total. The molecule has 0 aromatic heterocycles. The van der Waals surface area contributed by atoms with Crippen LogP contribution in [0.4, 0.5) is 15.8 Å². The van der Waals surface area contributed by atoms with Crippen LogP contribution in [0.15, 0.2) is 103 Å². The van der Waals surface area contributed by atoms with Gasteiger partial charge in [-0.05, 0) is 126 Å². The van der Waals surface area contributed by atoms with Crippen LogP contribution in [-0.2, 0) is 24.6 Å². The molecule has 12 heteroatoms. The van der Waals surface area contributed by atoms with Gasteiger partial charge in [0.2, 0.25) is 11.8 Å². The summed E-state index contributed by atoms with van der Waals surface area (Å²) in [4.78, 5) is 59.4. The molecule has 0 bridgehead atoms. The lowest BCUT2D eigenvalue weighted by molar-refractivity contribution is -0.138. The number of hydrogen-bond acceptors (Lipinski definition) is 6. The Balaban J connectivity index is 1.33. The predicted molar refractivity (Wildman–Crippen MR) is 194 cm³/mol. The third-order valence-corrected chi connectivity index (χ3v) is 11.8. The summed E-state index contributed by atoms with van der Waals surface area (Å²) in [6.07, 6.45) is 2.20. The van der Waals surface area contributed by atoms with E-state index in [0.29, 0.717) is 38.1 Å². The quantitative estimate of drug-likeness (QED) is 0.122. The van der Waals surface area contributed by atoms with Gasteiger partial charge in [0.05, 0.1) is 34.5 Å². The topological polar surface area (TPSA) is 107 Å². The summed E-state index contributed by atoms with van der Waals surface area (Å²) in [6.45, 7) is 0. The van der Waals surface area contributed by atoms with Crippen molar-refractivity contribution in [3.05, 3.63) is 133 Å². The van der Waals surface area contributed by atoms with Crippen LogP contribution in [-0.4, -0.2) is 33.7 Å². The minimum atomic E-state index is -1.63. The lowest BCUT2D eigenvalue weighted by Gasteiger charge is -2.50. The number of amides is 4. The fourth-order valence-electron chi connectivity index (χ4n) is 8.60. The SMILES string of the molecule is O=C1C2CC3C(=CCC4C(=O)N(c5ccc(I)cc5)C(=O)C43)C(c3cc(Cl)ccc3O)C2(c2ccc(Cl)cc2)C(=O)N1Nc1ccc(F)cc1. The number of fused-ring (bicyclic) bond motifs is 4. The molecule has 50 heavy (non-hydrogen) atoms. The summed E-state index contributed by atoms with van der Waals surface area (Å²) < 4.78 is 14.8. The van der Waals surface area contributed by atoms with Gasteiger partial charge in [-0.2, -0.15) is 5.01 Å². The number of hydrazine groups is 1. The summed E-state index contributed by atoms with van der Waals surface area (Å²) in [5.41, 5.74) is 3.51. The van der Waals surface area contributed by atoms with Crippen LogP contribution < -0.4 is 10.3 Å². The molecular formula is C38H27Cl2FIN3O5. The maximum atomic E-state index is 15.2. The van der Waals surface area contributed by atoms with E-state index < -0.39 is 52.6 Å². The zero-order chi connectivity index (χ0) is 35.1. The van der Waals surface area contributed by atoms with Crippen molar-refractivity contribution in [2.75, 3.05) is 10.3 Å². The molecule has 8 nitrogen and oxygen atoms in total. The zero-order valence-electron chi connectivity index (χ0n) is 26.0. The molecule has 4 aromatic rings. The van der Waals surface area contributed by atoms with Crippen LogP contribution in [0.1, 0.15) is 29.9 Å². The fourth-order valence-corrected chi connectivity index (χ4v) is 9.27. The van der Waals surface area contributed by atoms with Gasteiger partial charge in [-0.1, -0.05) is 47.0 Å². The van der Waals surface area contributed by atoms with E-state index in [1.54, 1.807) is 42.5 Å². The smallest absolute Gasteiger partial charge is 0.260 e. The number of carbonyl (C=O) groups excluding carboxylic acids is 4. The molecular weight excluding hydrogens is 795 g/mol. The summed E-state index contributed by atoms with van der Waals surface area (Å²) in [5.74, 6) is -6.62. The first kappa shape index (κ1) is 32.9. The molecule has 252 valence electrons. The van der Waals surface area contributed by atoms with E-state index in [0.717, 1.165) is 8.58 Å². The predicted octanol–water partition coefficient (Wildman–Crippen LogP) is 7.63. The average Bonchev–Trinajstić information content (AvgIpc) is 3.48. The van der Waals surface area contributed by atoms with Crippen LogP contribution >= 0.6 is 45.8 Å². The summed E-state index contributed by atoms with van der Waals surface area (Å²) in [7, 11) is 0. The summed E-state index contributed by atoms with van der Waals surface area (Å²) in [5, 5.41) is 13.1. The minimum Gasteiger partial charge on any atom is -0.508 e. The molecule has 6 unspecified atom stereocenters. The molecule has 4 aliphatic rings. The largest absolute Gasteiger partial charge is 0.508 e. The first-order valence-electron chi connectivity index (χ1n) is 16.0. The van der Waals surface area contributed by atoms with Gasteiger partial charge in [-0.3, -0.25) is 29.5 Å². The number of nitrogens with zero attached hydrogens (tertiary/aromatic N) is 2. The van der Waals surface area contributed by atoms with E-state index in [2.05, 4.69) is 28.0 Å². The lowest BCUT2D eigenvalue weighted by atomic mass is 9.49. The first-order valence-corrected chi connectivity index (χ1v) is 17.8. The van der Waals surface area contributed by atoms with Crippen molar-refractivity contribution in [3.8, 4) is 5.75 Å². The molecule has 2 saturated heterocycles. The number of phenols is 1. The normalized spacial score (nSPS) is 27.2. The van der Waals surface area contributed by atoms with Gasteiger partial charge in [0.1, 0.15) is 11.6 Å². The van der Waals surface area contributed by atoms with Crippen molar-refractivity contribution in [1.29, 1.82) is 0 Å². The van der Waals surface area contributed by atoms with E-state index in [-0.39, 0.29) is 30.4 Å². The Hall–Kier alpha value is -4.26. The second-order valence-corrected chi connectivity index (χ2v) is 15.2. The molecule has 0 radical (unpaired) electrons. The highest BCUT2D eigenvalue weighted by atomic mass is 127. The number of hydrogen-bond donors (Lipinski definition) is 2. The van der Waals surface area contributed by atoms with E-state index >= 15 is 4.79 Å². The maximum Gasteiger partial charge on any atom is 0.260 e.